The summed E-state index contributed by atoms with van der Waals surface area (Å²) in [5.41, 5.74) is 7.86. The Labute approximate surface area is 265 Å². The Morgan fingerprint density at radius 2 is 1.79 bits per heavy atom. The number of hydrogen-bond donors (Lipinski definition) is 3. The van der Waals surface area contributed by atoms with Gasteiger partial charge < -0.3 is 15.4 Å². The fourth-order valence-electron chi connectivity index (χ4n) is 3.95. The average Bonchev–Trinajstić information content (AvgIpc) is 3.46. The summed E-state index contributed by atoms with van der Waals surface area (Å²) in [6.45, 7) is 1.76. The standard InChI is InChI=1S/C32H25BrClN5O3S/c1-20-3-2-4-27(15-20)36-30(40)18-42-29-14-9-24(33)16-23(29)17-35-39-31(41)22-7-5-21(6-8-22)28-19-43-32(38-28)37-26-12-10-25(34)11-13-26/h2-17,19H,18H2,1H3,(H,36,40)(H,37,38)(H,39,41)/b35-17-. The largest absolute Gasteiger partial charge is 0.483 e. The van der Waals surface area contributed by atoms with Crippen molar-refractivity contribution >= 4 is 73.4 Å². The van der Waals surface area contributed by atoms with Gasteiger partial charge in [0.15, 0.2) is 11.7 Å². The number of carbonyl (C=O) groups is 2. The Balaban J connectivity index is 1.16. The van der Waals surface area contributed by atoms with Crippen LogP contribution in [0.4, 0.5) is 16.5 Å². The zero-order valence-electron chi connectivity index (χ0n) is 22.8. The number of benzene rings is 4. The lowest BCUT2D eigenvalue weighted by atomic mass is 10.1. The number of hydrogen-bond acceptors (Lipinski definition) is 7. The molecule has 0 saturated carbocycles. The van der Waals surface area contributed by atoms with Crippen LogP contribution in [0.2, 0.25) is 5.02 Å². The molecule has 5 aromatic rings. The van der Waals surface area contributed by atoms with Crippen LogP contribution < -0.4 is 20.8 Å². The molecule has 0 radical (unpaired) electrons. The smallest absolute Gasteiger partial charge is 0.271 e. The van der Waals surface area contributed by atoms with Gasteiger partial charge in [-0.2, -0.15) is 5.10 Å². The summed E-state index contributed by atoms with van der Waals surface area (Å²) >= 11 is 10.9. The highest BCUT2D eigenvalue weighted by atomic mass is 79.9. The molecule has 0 atom stereocenters. The van der Waals surface area contributed by atoms with E-state index in [1.54, 1.807) is 30.3 Å². The number of anilines is 3. The van der Waals surface area contributed by atoms with Gasteiger partial charge in [0.2, 0.25) is 0 Å². The third kappa shape index (κ3) is 8.51. The lowest BCUT2D eigenvalue weighted by Gasteiger charge is -2.10. The van der Waals surface area contributed by atoms with Crippen LogP contribution >= 0.6 is 38.9 Å². The number of amides is 2. The van der Waals surface area contributed by atoms with Crippen LogP contribution in [-0.4, -0.2) is 29.6 Å². The Morgan fingerprint density at radius 1 is 1.00 bits per heavy atom. The highest BCUT2D eigenvalue weighted by Crippen LogP contribution is 2.28. The molecule has 11 heteroatoms. The molecule has 0 bridgehead atoms. The number of nitrogens with zero attached hydrogens (tertiary/aromatic N) is 2. The normalized spacial score (nSPS) is 10.9. The lowest BCUT2D eigenvalue weighted by molar-refractivity contribution is -0.118. The third-order valence-corrected chi connectivity index (χ3v) is 7.55. The number of rotatable bonds is 10. The van der Waals surface area contributed by atoms with E-state index in [9.17, 15) is 9.59 Å². The van der Waals surface area contributed by atoms with Gasteiger partial charge in [-0.25, -0.2) is 10.4 Å². The van der Waals surface area contributed by atoms with Crippen LogP contribution in [0.1, 0.15) is 21.5 Å². The molecule has 8 nitrogen and oxygen atoms in total. The highest BCUT2D eigenvalue weighted by molar-refractivity contribution is 9.10. The van der Waals surface area contributed by atoms with E-state index in [1.807, 2.05) is 73.0 Å². The predicted molar refractivity (Wildman–Crippen MR) is 177 cm³/mol. The Hall–Kier alpha value is -4.51. The molecule has 2 amide bonds. The van der Waals surface area contributed by atoms with Crippen molar-refractivity contribution in [2.45, 2.75) is 6.92 Å². The van der Waals surface area contributed by atoms with Crippen molar-refractivity contribution in [1.29, 1.82) is 0 Å². The second-order valence-corrected chi connectivity index (χ2v) is 11.5. The Morgan fingerprint density at radius 3 is 2.56 bits per heavy atom. The first-order chi connectivity index (χ1) is 20.8. The molecule has 1 heterocycles. The zero-order valence-corrected chi connectivity index (χ0v) is 26.0. The molecule has 43 heavy (non-hydrogen) atoms. The van der Waals surface area contributed by atoms with Gasteiger partial charge in [0.05, 0.1) is 11.9 Å². The number of halogens is 2. The van der Waals surface area contributed by atoms with E-state index >= 15 is 0 Å². The van der Waals surface area contributed by atoms with Crippen molar-refractivity contribution in [1.82, 2.24) is 10.4 Å². The number of aryl methyl sites for hydroxylation is 1. The molecule has 5 rings (SSSR count). The summed E-state index contributed by atoms with van der Waals surface area (Å²) in [6.07, 6.45) is 1.47. The zero-order chi connectivity index (χ0) is 30.2. The van der Waals surface area contributed by atoms with Gasteiger partial charge in [-0.1, -0.05) is 51.8 Å². The summed E-state index contributed by atoms with van der Waals surface area (Å²) in [6, 6.07) is 27.3. The molecule has 0 aliphatic carbocycles. The quantitative estimate of drug-likeness (QED) is 0.103. The minimum atomic E-state index is -0.374. The van der Waals surface area contributed by atoms with Crippen molar-refractivity contribution in [3.63, 3.8) is 0 Å². The Bertz CT molecular complexity index is 1780. The fourth-order valence-corrected chi connectivity index (χ4v) is 5.20. The summed E-state index contributed by atoms with van der Waals surface area (Å²) in [4.78, 5) is 29.7. The summed E-state index contributed by atoms with van der Waals surface area (Å²) in [5.74, 6) is -0.223. The molecular formula is C32H25BrClN5O3S. The molecular weight excluding hydrogens is 650 g/mol. The van der Waals surface area contributed by atoms with Gasteiger partial charge in [-0.15, -0.1) is 11.3 Å². The number of carbonyl (C=O) groups excluding carboxylic acids is 2. The monoisotopic (exact) mass is 673 g/mol. The minimum Gasteiger partial charge on any atom is -0.483 e. The van der Waals surface area contributed by atoms with E-state index in [0.29, 0.717) is 27.6 Å². The van der Waals surface area contributed by atoms with Crippen LogP contribution in [0.15, 0.2) is 106 Å². The third-order valence-electron chi connectivity index (χ3n) is 6.04. The minimum absolute atomic E-state index is 0.188. The summed E-state index contributed by atoms with van der Waals surface area (Å²) < 4.78 is 6.53. The molecule has 0 unspecified atom stereocenters. The van der Waals surface area contributed by atoms with Gasteiger partial charge in [-0.05, 0) is 79.2 Å². The molecule has 0 saturated heterocycles. The molecule has 1 aromatic heterocycles. The van der Waals surface area contributed by atoms with Gasteiger partial charge in [0.1, 0.15) is 5.75 Å². The SMILES string of the molecule is Cc1cccc(NC(=O)COc2ccc(Br)cc2/C=N\NC(=O)c2ccc(-c3csc(Nc4ccc(Cl)cc4)n3)cc2)c1. The number of thiazole rings is 1. The molecule has 0 aliphatic heterocycles. The second kappa shape index (κ2) is 14.1. The van der Waals surface area contributed by atoms with E-state index in [2.05, 4.69) is 42.1 Å². The van der Waals surface area contributed by atoms with E-state index < -0.39 is 0 Å². The van der Waals surface area contributed by atoms with Gasteiger partial charge in [0.25, 0.3) is 11.8 Å². The number of nitrogens with one attached hydrogen (secondary N) is 3. The van der Waals surface area contributed by atoms with E-state index in [0.717, 1.165) is 32.1 Å². The average molecular weight is 675 g/mol. The molecule has 3 N–H and O–H groups in total. The Kier molecular flexibility index (Phi) is 9.83. The number of ether oxygens (including phenoxy) is 1. The molecule has 0 aliphatic rings. The van der Waals surface area contributed by atoms with Crippen molar-refractivity contribution < 1.29 is 14.3 Å². The first kappa shape index (κ1) is 30.0. The topological polar surface area (TPSA) is 105 Å². The van der Waals surface area contributed by atoms with E-state index in [-0.39, 0.29) is 18.4 Å². The maximum atomic E-state index is 12.7. The maximum absolute atomic E-state index is 12.7. The van der Waals surface area contributed by atoms with Crippen LogP contribution in [-0.2, 0) is 4.79 Å². The van der Waals surface area contributed by atoms with Gasteiger partial charge in [-0.3, -0.25) is 9.59 Å². The highest BCUT2D eigenvalue weighted by Gasteiger charge is 2.10. The first-order valence-electron chi connectivity index (χ1n) is 13.0. The molecule has 4 aromatic carbocycles. The molecule has 0 fully saturated rings. The predicted octanol–water partition coefficient (Wildman–Crippen LogP) is 8.06. The van der Waals surface area contributed by atoms with Crippen molar-refractivity contribution in [2.75, 3.05) is 17.2 Å². The summed E-state index contributed by atoms with van der Waals surface area (Å²) in [7, 11) is 0. The van der Waals surface area contributed by atoms with Crippen LogP contribution in [0.3, 0.4) is 0 Å². The van der Waals surface area contributed by atoms with Gasteiger partial charge >= 0.3 is 0 Å². The van der Waals surface area contributed by atoms with Crippen LogP contribution in [0.5, 0.6) is 5.75 Å². The number of hydrazone groups is 1. The maximum Gasteiger partial charge on any atom is 0.271 e. The van der Waals surface area contributed by atoms with Crippen molar-refractivity contribution in [2.24, 2.45) is 5.10 Å². The van der Waals surface area contributed by atoms with E-state index in [1.165, 1.54) is 17.6 Å². The first-order valence-corrected chi connectivity index (χ1v) is 15.1. The van der Waals surface area contributed by atoms with Crippen molar-refractivity contribution in [3.8, 4) is 17.0 Å². The fraction of sp³-hybridized carbons (Fsp3) is 0.0625. The van der Waals surface area contributed by atoms with Gasteiger partial charge in [0, 0.05) is 42.9 Å². The second-order valence-electron chi connectivity index (χ2n) is 9.33. The summed E-state index contributed by atoms with van der Waals surface area (Å²) in [5, 5.41) is 13.5. The molecule has 216 valence electrons. The van der Waals surface area contributed by atoms with Crippen LogP contribution in [0, 0.1) is 6.92 Å². The van der Waals surface area contributed by atoms with E-state index in [4.69, 9.17) is 16.3 Å². The molecule has 0 spiro atoms. The van der Waals surface area contributed by atoms with Crippen molar-refractivity contribution in [3.05, 3.63) is 123 Å². The van der Waals surface area contributed by atoms with Crippen LogP contribution in [0.25, 0.3) is 11.3 Å². The number of aromatic nitrogens is 1. The lowest BCUT2D eigenvalue weighted by Crippen LogP contribution is -2.20.